The molecule has 124 valence electrons. The summed E-state index contributed by atoms with van der Waals surface area (Å²) in [6.07, 6.45) is 3.53. The van der Waals surface area contributed by atoms with Gasteiger partial charge in [0.05, 0.1) is 11.4 Å². The Hall–Kier alpha value is -3.00. The summed E-state index contributed by atoms with van der Waals surface area (Å²) in [5.41, 5.74) is 1.01. The molecule has 0 aliphatic heterocycles. The smallest absolute Gasteiger partial charge is 0.252 e. The van der Waals surface area contributed by atoms with E-state index in [1.54, 1.807) is 23.9 Å². The summed E-state index contributed by atoms with van der Waals surface area (Å²) in [5, 5.41) is 6.32. The molecule has 24 heavy (non-hydrogen) atoms. The third kappa shape index (κ3) is 3.85. The van der Waals surface area contributed by atoms with E-state index in [-0.39, 0.29) is 24.9 Å². The Balaban J connectivity index is 1.62. The molecule has 0 bridgehead atoms. The third-order valence-electron chi connectivity index (χ3n) is 3.14. The number of ether oxygens (including phenoxy) is 1. The van der Waals surface area contributed by atoms with Crippen LogP contribution in [0.5, 0.6) is 0 Å². The molecule has 0 aliphatic rings. The van der Waals surface area contributed by atoms with Crippen molar-refractivity contribution in [1.82, 2.24) is 14.7 Å². The molecular weight excluding hydrogens is 315 g/mol. The normalized spacial score (nSPS) is 10.8. The van der Waals surface area contributed by atoms with Crippen molar-refractivity contribution in [2.45, 2.75) is 13.5 Å². The highest BCUT2D eigenvalue weighted by Gasteiger charge is 2.10. The fourth-order valence-electron chi connectivity index (χ4n) is 2.14. The van der Waals surface area contributed by atoms with Crippen LogP contribution in [0.4, 0.5) is 10.1 Å². The molecule has 0 spiro atoms. The van der Waals surface area contributed by atoms with Crippen molar-refractivity contribution in [2.24, 2.45) is 0 Å². The molecule has 0 radical (unpaired) electrons. The van der Waals surface area contributed by atoms with E-state index in [0.29, 0.717) is 23.1 Å². The van der Waals surface area contributed by atoms with Gasteiger partial charge in [0, 0.05) is 12.4 Å². The van der Waals surface area contributed by atoms with Crippen molar-refractivity contribution < 1.29 is 18.4 Å². The summed E-state index contributed by atoms with van der Waals surface area (Å²) in [4.78, 5) is 16.0. The average Bonchev–Trinajstić information content (AvgIpc) is 3.21. The van der Waals surface area contributed by atoms with Crippen LogP contribution >= 0.6 is 0 Å². The van der Waals surface area contributed by atoms with Crippen LogP contribution in [-0.4, -0.2) is 27.2 Å². The Labute approximate surface area is 137 Å². The number of hydrogen-bond donors (Lipinski definition) is 1. The van der Waals surface area contributed by atoms with Gasteiger partial charge in [0.1, 0.15) is 19.0 Å². The predicted molar refractivity (Wildman–Crippen MR) is 83.0 cm³/mol. The minimum Gasteiger partial charge on any atom is -0.362 e. The second kappa shape index (κ2) is 7.05. The fraction of sp³-hybridized carbons (Fsp3) is 0.188. The second-order valence-corrected chi connectivity index (χ2v) is 5.03. The van der Waals surface area contributed by atoms with E-state index in [1.807, 2.05) is 12.1 Å². The van der Waals surface area contributed by atoms with Crippen molar-refractivity contribution >= 4 is 11.6 Å². The molecule has 3 rings (SSSR count). The van der Waals surface area contributed by atoms with Crippen LogP contribution in [0.15, 0.2) is 47.2 Å². The molecule has 0 atom stereocenters. The molecule has 1 amide bonds. The van der Waals surface area contributed by atoms with E-state index in [4.69, 9.17) is 9.26 Å². The maximum Gasteiger partial charge on any atom is 0.252 e. The predicted octanol–water partition coefficient (Wildman–Crippen LogP) is 2.46. The number of rotatable bonds is 6. The van der Waals surface area contributed by atoms with Crippen molar-refractivity contribution in [1.29, 1.82) is 0 Å². The standard InChI is InChI=1S/C16H15FN4O3/c1-11-18-16(24-20-11)10-23-9-15(22)19-13-5-4-12(17)8-14(13)21-6-2-3-7-21/h2-8H,9-10H2,1H3,(H,19,22). The molecule has 0 saturated heterocycles. The van der Waals surface area contributed by atoms with Gasteiger partial charge in [0.15, 0.2) is 5.82 Å². The number of nitrogens with one attached hydrogen (secondary N) is 1. The van der Waals surface area contributed by atoms with Gasteiger partial charge in [-0.2, -0.15) is 4.98 Å². The Morgan fingerprint density at radius 2 is 2.17 bits per heavy atom. The van der Waals surface area contributed by atoms with Crippen LogP contribution in [0.1, 0.15) is 11.7 Å². The maximum atomic E-state index is 13.5. The van der Waals surface area contributed by atoms with Gasteiger partial charge in [-0.3, -0.25) is 4.79 Å². The van der Waals surface area contributed by atoms with Crippen LogP contribution in [0.3, 0.4) is 0 Å². The van der Waals surface area contributed by atoms with E-state index in [2.05, 4.69) is 15.5 Å². The lowest BCUT2D eigenvalue weighted by molar-refractivity contribution is -0.121. The molecule has 2 aromatic heterocycles. The molecule has 8 heteroatoms. The van der Waals surface area contributed by atoms with E-state index in [1.165, 1.54) is 18.2 Å². The Kier molecular flexibility index (Phi) is 4.66. The number of amides is 1. The SMILES string of the molecule is Cc1noc(COCC(=O)Nc2ccc(F)cc2-n2cccc2)n1. The summed E-state index contributed by atoms with van der Waals surface area (Å²) in [5.74, 6) is 0.0433. The van der Waals surface area contributed by atoms with Gasteiger partial charge < -0.3 is 19.1 Å². The minimum atomic E-state index is -0.389. The highest BCUT2D eigenvalue weighted by molar-refractivity contribution is 5.93. The van der Waals surface area contributed by atoms with E-state index < -0.39 is 0 Å². The van der Waals surface area contributed by atoms with Crippen LogP contribution in [-0.2, 0) is 16.1 Å². The van der Waals surface area contributed by atoms with Crippen molar-refractivity contribution in [3.8, 4) is 5.69 Å². The van der Waals surface area contributed by atoms with Gasteiger partial charge in [-0.25, -0.2) is 4.39 Å². The lowest BCUT2D eigenvalue weighted by atomic mass is 10.2. The maximum absolute atomic E-state index is 13.5. The van der Waals surface area contributed by atoms with Crippen LogP contribution in [0, 0.1) is 12.7 Å². The zero-order valence-electron chi connectivity index (χ0n) is 12.9. The van der Waals surface area contributed by atoms with Gasteiger partial charge >= 0.3 is 0 Å². The molecule has 2 heterocycles. The first-order valence-corrected chi connectivity index (χ1v) is 7.21. The van der Waals surface area contributed by atoms with Gasteiger partial charge in [-0.1, -0.05) is 5.16 Å². The van der Waals surface area contributed by atoms with Crippen molar-refractivity contribution in [2.75, 3.05) is 11.9 Å². The molecule has 7 nitrogen and oxygen atoms in total. The van der Waals surface area contributed by atoms with Crippen molar-refractivity contribution in [3.63, 3.8) is 0 Å². The summed E-state index contributed by atoms with van der Waals surface area (Å²) in [6.45, 7) is 1.54. The quantitative estimate of drug-likeness (QED) is 0.751. The molecule has 1 aromatic carbocycles. The molecule has 0 fully saturated rings. The number of aryl methyl sites for hydroxylation is 1. The lowest BCUT2D eigenvalue weighted by Crippen LogP contribution is -2.19. The zero-order chi connectivity index (χ0) is 16.9. The van der Waals surface area contributed by atoms with Crippen molar-refractivity contribution in [3.05, 3.63) is 60.3 Å². The third-order valence-corrected chi connectivity index (χ3v) is 3.14. The summed E-state index contributed by atoms with van der Waals surface area (Å²) >= 11 is 0. The summed E-state index contributed by atoms with van der Waals surface area (Å²) in [6, 6.07) is 7.75. The van der Waals surface area contributed by atoms with E-state index in [9.17, 15) is 9.18 Å². The largest absolute Gasteiger partial charge is 0.362 e. The van der Waals surface area contributed by atoms with Crippen LogP contribution < -0.4 is 5.32 Å². The number of carbonyl (C=O) groups excluding carboxylic acids is 1. The minimum absolute atomic E-state index is 0.0438. The fourth-order valence-corrected chi connectivity index (χ4v) is 2.14. The number of hydrogen-bond acceptors (Lipinski definition) is 5. The van der Waals surface area contributed by atoms with E-state index in [0.717, 1.165) is 0 Å². The van der Waals surface area contributed by atoms with Crippen LogP contribution in [0.25, 0.3) is 5.69 Å². The highest BCUT2D eigenvalue weighted by Crippen LogP contribution is 2.21. The Bertz CT molecular complexity index is 830. The zero-order valence-corrected chi connectivity index (χ0v) is 12.9. The Morgan fingerprint density at radius 1 is 1.38 bits per heavy atom. The van der Waals surface area contributed by atoms with E-state index >= 15 is 0 Å². The number of carbonyl (C=O) groups is 1. The highest BCUT2D eigenvalue weighted by atomic mass is 19.1. The van der Waals surface area contributed by atoms with Gasteiger partial charge in [0.2, 0.25) is 5.91 Å². The number of benzene rings is 1. The number of nitrogens with zero attached hydrogens (tertiary/aromatic N) is 3. The van der Waals surface area contributed by atoms with Gasteiger partial charge in [0.25, 0.3) is 5.89 Å². The first-order chi connectivity index (χ1) is 11.6. The summed E-state index contributed by atoms with van der Waals surface area (Å²) in [7, 11) is 0. The first kappa shape index (κ1) is 15.9. The molecule has 0 aliphatic carbocycles. The number of aromatic nitrogens is 3. The second-order valence-electron chi connectivity index (χ2n) is 5.03. The number of halogens is 1. The van der Waals surface area contributed by atoms with Gasteiger partial charge in [-0.15, -0.1) is 0 Å². The lowest BCUT2D eigenvalue weighted by Gasteiger charge is -2.12. The topological polar surface area (TPSA) is 82.2 Å². The molecule has 0 unspecified atom stereocenters. The molecule has 0 saturated carbocycles. The monoisotopic (exact) mass is 330 g/mol. The molecule has 1 N–H and O–H groups in total. The Morgan fingerprint density at radius 3 is 2.88 bits per heavy atom. The molecular formula is C16H15FN4O3. The number of anilines is 1. The van der Waals surface area contributed by atoms with Gasteiger partial charge in [-0.05, 0) is 37.3 Å². The first-order valence-electron chi connectivity index (χ1n) is 7.21. The average molecular weight is 330 g/mol. The molecule has 3 aromatic rings. The van der Waals surface area contributed by atoms with Crippen LogP contribution in [0.2, 0.25) is 0 Å². The summed E-state index contributed by atoms with van der Waals surface area (Å²) < 4.78 is 25.3.